The third-order valence-electron chi connectivity index (χ3n) is 7.25. The van der Waals surface area contributed by atoms with Crippen LogP contribution in [-0.2, 0) is 13.2 Å². The Bertz CT molecular complexity index is 1640. The number of rotatable bonds is 8. The quantitative estimate of drug-likeness (QED) is 0.219. The lowest BCUT2D eigenvalue weighted by atomic mass is 9.95. The van der Waals surface area contributed by atoms with Crippen molar-refractivity contribution in [2.24, 2.45) is 0 Å². The number of ether oxygens (including phenoxy) is 2. The fourth-order valence-electron chi connectivity index (χ4n) is 5.09. The van der Waals surface area contributed by atoms with Crippen molar-refractivity contribution in [3.05, 3.63) is 136 Å². The molecule has 1 atom stereocenters. The summed E-state index contributed by atoms with van der Waals surface area (Å²) in [5, 5.41) is 8.31. The second-order valence-electron chi connectivity index (χ2n) is 9.86. The monoisotopic (exact) mass is 549 g/mol. The van der Waals surface area contributed by atoms with Crippen molar-refractivity contribution in [3.8, 4) is 22.8 Å². The van der Waals surface area contributed by atoms with Gasteiger partial charge >= 0.3 is 0 Å². The van der Waals surface area contributed by atoms with Crippen LogP contribution in [0.15, 0.2) is 97.1 Å². The Morgan fingerprint density at radius 1 is 0.900 bits per heavy atom. The zero-order valence-electron chi connectivity index (χ0n) is 22.2. The molecule has 40 heavy (non-hydrogen) atoms. The van der Waals surface area contributed by atoms with Gasteiger partial charge in [-0.25, -0.2) is 0 Å². The summed E-state index contributed by atoms with van der Waals surface area (Å²) in [4.78, 5) is 15.6. The molecule has 1 amide bonds. The van der Waals surface area contributed by atoms with Gasteiger partial charge in [0.15, 0.2) is 0 Å². The molecular formula is C33H28ClN3O3. The van der Waals surface area contributed by atoms with Crippen molar-refractivity contribution >= 4 is 17.5 Å². The van der Waals surface area contributed by atoms with Crippen LogP contribution in [0, 0.1) is 6.92 Å². The second kappa shape index (κ2) is 10.9. The third kappa shape index (κ3) is 4.94. The second-order valence-corrected chi connectivity index (χ2v) is 10.3. The number of amides is 1. The minimum absolute atomic E-state index is 0.0827. The molecule has 0 radical (unpaired) electrons. The van der Waals surface area contributed by atoms with Gasteiger partial charge in [0.05, 0.1) is 18.8 Å². The van der Waals surface area contributed by atoms with Crippen molar-refractivity contribution in [3.63, 3.8) is 0 Å². The highest BCUT2D eigenvalue weighted by molar-refractivity contribution is 6.31. The molecule has 0 bridgehead atoms. The highest BCUT2D eigenvalue weighted by Crippen LogP contribution is 2.44. The summed E-state index contributed by atoms with van der Waals surface area (Å²) in [6, 6.07) is 31.2. The normalized spacial score (nSPS) is 14.3. The molecule has 1 aliphatic heterocycles. The van der Waals surface area contributed by atoms with E-state index in [1.807, 2.05) is 89.8 Å². The number of H-pyrrole nitrogens is 1. The number of hydrogen-bond acceptors (Lipinski definition) is 4. The molecule has 0 spiro atoms. The molecule has 2 heterocycles. The summed E-state index contributed by atoms with van der Waals surface area (Å²) in [6.45, 7) is 2.86. The van der Waals surface area contributed by atoms with E-state index in [0.29, 0.717) is 23.9 Å². The molecule has 1 unspecified atom stereocenters. The zero-order valence-corrected chi connectivity index (χ0v) is 23.0. The number of halogens is 1. The van der Waals surface area contributed by atoms with Gasteiger partial charge in [0.1, 0.15) is 23.8 Å². The minimum atomic E-state index is -0.322. The molecule has 6 rings (SSSR count). The predicted molar refractivity (Wildman–Crippen MR) is 156 cm³/mol. The first-order valence-corrected chi connectivity index (χ1v) is 13.4. The summed E-state index contributed by atoms with van der Waals surface area (Å²) in [5.41, 5.74) is 7.22. The fourth-order valence-corrected chi connectivity index (χ4v) is 5.28. The summed E-state index contributed by atoms with van der Waals surface area (Å²) in [6.07, 6.45) is 0. The van der Waals surface area contributed by atoms with Crippen LogP contribution in [0.3, 0.4) is 0 Å². The topological polar surface area (TPSA) is 67.5 Å². The SMILES string of the molecule is COc1ccc(CN2C(=O)c3[nH]nc(-c4ccc(C)cc4)c3C2c2ccc(OCc3ccccc3Cl)cc2)cc1. The molecule has 0 aliphatic carbocycles. The van der Waals surface area contributed by atoms with Gasteiger partial charge in [-0.15, -0.1) is 0 Å². The van der Waals surface area contributed by atoms with E-state index in [-0.39, 0.29) is 11.9 Å². The number of carbonyl (C=O) groups is 1. The molecular weight excluding hydrogens is 522 g/mol. The van der Waals surface area contributed by atoms with Crippen LogP contribution in [0.2, 0.25) is 5.02 Å². The van der Waals surface area contributed by atoms with Crippen molar-refractivity contribution in [2.45, 2.75) is 26.1 Å². The first-order valence-electron chi connectivity index (χ1n) is 13.1. The Balaban J connectivity index is 1.35. The Kier molecular flexibility index (Phi) is 7.01. The van der Waals surface area contributed by atoms with Gasteiger partial charge in [-0.1, -0.05) is 83.9 Å². The number of methoxy groups -OCH3 is 1. The van der Waals surface area contributed by atoms with Crippen molar-refractivity contribution in [1.29, 1.82) is 0 Å². The van der Waals surface area contributed by atoms with Gasteiger partial charge < -0.3 is 14.4 Å². The van der Waals surface area contributed by atoms with Crippen LogP contribution in [0.25, 0.3) is 11.3 Å². The Morgan fingerprint density at radius 2 is 1.60 bits per heavy atom. The Hall–Kier alpha value is -4.55. The molecule has 0 saturated carbocycles. The average molecular weight is 550 g/mol. The number of carbonyl (C=O) groups excluding carboxylic acids is 1. The van der Waals surface area contributed by atoms with Crippen LogP contribution in [0.1, 0.15) is 44.3 Å². The number of nitrogens with one attached hydrogen (secondary N) is 1. The standard InChI is InChI=1S/C33H28ClN3O3/c1-21-7-11-23(12-8-21)30-29-31(36-35-30)33(38)37(19-22-9-15-26(39-2)16-10-22)32(29)24-13-17-27(18-14-24)40-20-25-5-3-4-6-28(25)34/h3-18,32H,19-20H2,1-2H3,(H,35,36). The van der Waals surface area contributed by atoms with Crippen molar-refractivity contribution < 1.29 is 14.3 Å². The maximum atomic E-state index is 13.8. The van der Waals surface area contributed by atoms with E-state index in [2.05, 4.69) is 29.3 Å². The number of hydrogen-bond donors (Lipinski definition) is 1. The van der Waals surface area contributed by atoms with Crippen molar-refractivity contribution in [2.75, 3.05) is 7.11 Å². The van der Waals surface area contributed by atoms with Crippen molar-refractivity contribution in [1.82, 2.24) is 15.1 Å². The molecule has 6 nitrogen and oxygen atoms in total. The van der Waals surface area contributed by atoms with E-state index >= 15 is 0 Å². The molecule has 0 saturated heterocycles. The van der Waals surface area contributed by atoms with Gasteiger partial charge in [0.25, 0.3) is 5.91 Å². The molecule has 1 aliphatic rings. The molecule has 7 heteroatoms. The third-order valence-corrected chi connectivity index (χ3v) is 7.62. The van der Waals surface area contributed by atoms with Crippen LogP contribution in [0.4, 0.5) is 0 Å². The molecule has 1 aromatic heterocycles. The van der Waals surface area contributed by atoms with E-state index in [4.69, 9.17) is 21.1 Å². The van der Waals surface area contributed by atoms with Gasteiger partial charge in [-0.05, 0) is 48.4 Å². The minimum Gasteiger partial charge on any atom is -0.497 e. The highest BCUT2D eigenvalue weighted by Gasteiger charge is 2.42. The predicted octanol–water partition coefficient (Wildman–Crippen LogP) is 7.37. The van der Waals surface area contributed by atoms with E-state index in [1.54, 1.807) is 7.11 Å². The Morgan fingerprint density at radius 3 is 2.30 bits per heavy atom. The van der Waals surface area contributed by atoms with Crippen LogP contribution >= 0.6 is 11.6 Å². The molecule has 200 valence electrons. The maximum absolute atomic E-state index is 13.8. The van der Waals surface area contributed by atoms with Crippen LogP contribution in [-0.4, -0.2) is 28.1 Å². The number of benzene rings is 4. The first kappa shape index (κ1) is 25.7. The highest BCUT2D eigenvalue weighted by atomic mass is 35.5. The summed E-state index contributed by atoms with van der Waals surface area (Å²) >= 11 is 6.29. The molecule has 1 N–H and O–H groups in total. The van der Waals surface area contributed by atoms with E-state index in [9.17, 15) is 4.79 Å². The van der Waals surface area contributed by atoms with Gasteiger partial charge in [-0.3, -0.25) is 9.89 Å². The van der Waals surface area contributed by atoms with E-state index < -0.39 is 0 Å². The zero-order chi connectivity index (χ0) is 27.6. The number of nitrogens with zero attached hydrogens (tertiary/aromatic N) is 2. The lowest BCUT2D eigenvalue weighted by Crippen LogP contribution is -2.29. The summed E-state index contributed by atoms with van der Waals surface area (Å²) < 4.78 is 11.3. The average Bonchev–Trinajstić information content (AvgIpc) is 3.52. The summed E-state index contributed by atoms with van der Waals surface area (Å²) in [5.74, 6) is 1.41. The van der Waals surface area contributed by atoms with Gasteiger partial charge in [0.2, 0.25) is 0 Å². The summed E-state index contributed by atoms with van der Waals surface area (Å²) in [7, 11) is 1.64. The Labute approximate surface area is 238 Å². The maximum Gasteiger partial charge on any atom is 0.273 e. The molecule has 4 aromatic carbocycles. The van der Waals surface area contributed by atoms with Crippen LogP contribution < -0.4 is 9.47 Å². The van der Waals surface area contributed by atoms with Gasteiger partial charge in [-0.2, -0.15) is 5.10 Å². The largest absolute Gasteiger partial charge is 0.497 e. The first-order chi connectivity index (χ1) is 19.5. The number of fused-ring (bicyclic) bond motifs is 1. The smallest absolute Gasteiger partial charge is 0.273 e. The van der Waals surface area contributed by atoms with E-state index in [1.165, 1.54) is 0 Å². The molecule has 5 aromatic rings. The van der Waals surface area contributed by atoms with Crippen LogP contribution in [0.5, 0.6) is 11.5 Å². The van der Waals surface area contributed by atoms with Gasteiger partial charge in [0, 0.05) is 28.3 Å². The number of aromatic nitrogens is 2. The van der Waals surface area contributed by atoms with E-state index in [0.717, 1.165) is 50.6 Å². The molecule has 0 fully saturated rings. The number of aryl methyl sites for hydroxylation is 1. The fraction of sp³-hybridized carbons (Fsp3) is 0.152. The number of aromatic amines is 1. The lowest BCUT2D eigenvalue weighted by Gasteiger charge is -2.27. The lowest BCUT2D eigenvalue weighted by molar-refractivity contribution is 0.0730.